The van der Waals surface area contributed by atoms with Gasteiger partial charge in [0, 0.05) is 6.54 Å². The van der Waals surface area contributed by atoms with Gasteiger partial charge in [0.05, 0.1) is 0 Å². The second kappa shape index (κ2) is 4.94. The maximum atomic E-state index is 12.5. The number of oxime groups is 1. The molecule has 80 valence electrons. The predicted octanol–water partition coefficient (Wildman–Crippen LogP) is 0.188. The lowest BCUT2D eigenvalue weighted by molar-refractivity contribution is -0.115. The molecule has 4 N–H and O–H groups in total. The number of benzene rings is 1. The minimum absolute atomic E-state index is 0.190. The molecule has 6 heteroatoms. The number of carbonyl (C=O) groups excluding carboxylic acids is 1. The number of amides is 1. The molecule has 0 aromatic heterocycles. The van der Waals surface area contributed by atoms with Crippen LogP contribution in [-0.4, -0.2) is 17.0 Å². The molecule has 1 rings (SSSR count). The van der Waals surface area contributed by atoms with Crippen LogP contribution in [0.1, 0.15) is 5.56 Å². The summed E-state index contributed by atoms with van der Waals surface area (Å²) in [5, 5.41) is 13.1. The molecule has 0 spiro atoms. The Morgan fingerprint density at radius 2 is 2.07 bits per heavy atom. The molecule has 5 nitrogen and oxygen atoms in total. The third-order valence-electron chi connectivity index (χ3n) is 1.71. The molecule has 0 heterocycles. The second-order valence-corrected chi connectivity index (χ2v) is 2.79. The molecule has 0 unspecified atom stereocenters. The van der Waals surface area contributed by atoms with Gasteiger partial charge in [-0.3, -0.25) is 4.79 Å². The summed E-state index contributed by atoms with van der Waals surface area (Å²) in [5.74, 6) is -1.54. The van der Waals surface area contributed by atoms with Crippen LogP contribution < -0.4 is 11.1 Å². The van der Waals surface area contributed by atoms with Gasteiger partial charge >= 0.3 is 0 Å². The molecule has 0 radical (unpaired) electrons. The van der Waals surface area contributed by atoms with E-state index in [4.69, 9.17) is 10.9 Å². The van der Waals surface area contributed by atoms with Crippen molar-refractivity contribution in [2.75, 3.05) is 0 Å². The van der Waals surface area contributed by atoms with Gasteiger partial charge in [-0.15, -0.1) is 0 Å². The first-order valence-electron chi connectivity index (χ1n) is 4.13. The number of nitrogens with one attached hydrogen (secondary N) is 1. The molecule has 1 aromatic rings. The number of hydrogen-bond acceptors (Lipinski definition) is 3. The molecule has 0 atom stereocenters. The number of nitrogens with two attached hydrogens (primary N) is 1. The zero-order valence-corrected chi connectivity index (χ0v) is 7.77. The minimum Gasteiger partial charge on any atom is -0.409 e. The lowest BCUT2D eigenvalue weighted by Gasteiger charge is -2.03. The first-order valence-corrected chi connectivity index (χ1v) is 4.13. The van der Waals surface area contributed by atoms with E-state index in [1.165, 1.54) is 24.3 Å². The summed E-state index contributed by atoms with van der Waals surface area (Å²) in [4.78, 5) is 11.0. The zero-order valence-electron chi connectivity index (χ0n) is 7.77. The Hall–Kier alpha value is -2.11. The number of hydrogen-bond donors (Lipinski definition) is 3. The van der Waals surface area contributed by atoms with Gasteiger partial charge in [0.1, 0.15) is 5.82 Å². The quantitative estimate of drug-likeness (QED) is 0.282. The van der Waals surface area contributed by atoms with E-state index in [0.717, 1.165) is 5.56 Å². The Labute approximate surface area is 85.4 Å². The lowest BCUT2D eigenvalue weighted by Crippen LogP contribution is -2.35. The first kappa shape index (κ1) is 11.0. The van der Waals surface area contributed by atoms with Gasteiger partial charge < -0.3 is 16.3 Å². The van der Waals surface area contributed by atoms with Crippen LogP contribution in [0.2, 0.25) is 0 Å². The number of nitrogens with zero attached hydrogens (tertiary/aromatic N) is 1. The molecule has 0 saturated heterocycles. The summed E-state index contributed by atoms with van der Waals surface area (Å²) >= 11 is 0. The van der Waals surface area contributed by atoms with E-state index in [1.807, 2.05) is 0 Å². The molecule has 15 heavy (non-hydrogen) atoms. The molecule has 0 aliphatic heterocycles. The highest BCUT2D eigenvalue weighted by Crippen LogP contribution is 2.01. The normalized spacial score (nSPS) is 11.1. The highest BCUT2D eigenvalue weighted by molar-refractivity contribution is 6.36. The molecule has 0 saturated carbocycles. The van der Waals surface area contributed by atoms with Crippen LogP contribution in [0.5, 0.6) is 0 Å². The topological polar surface area (TPSA) is 87.7 Å². The molecule has 1 amide bonds. The van der Waals surface area contributed by atoms with E-state index in [-0.39, 0.29) is 12.4 Å². The van der Waals surface area contributed by atoms with E-state index >= 15 is 0 Å². The maximum absolute atomic E-state index is 12.5. The van der Waals surface area contributed by atoms with Crippen LogP contribution in [-0.2, 0) is 11.3 Å². The Morgan fingerprint density at radius 1 is 1.47 bits per heavy atom. The summed E-state index contributed by atoms with van der Waals surface area (Å²) in [6.07, 6.45) is 0. The first-order chi connectivity index (χ1) is 7.13. The Morgan fingerprint density at radius 3 is 2.60 bits per heavy atom. The smallest absolute Gasteiger partial charge is 0.290 e. The van der Waals surface area contributed by atoms with Crippen LogP contribution in [0.25, 0.3) is 0 Å². The second-order valence-electron chi connectivity index (χ2n) is 2.79. The maximum Gasteiger partial charge on any atom is 0.290 e. The SMILES string of the molecule is N/C(=N/O)C(=O)NCc1ccc(F)cc1. The fraction of sp³-hybridized carbons (Fsp3) is 0.111. The Balaban J connectivity index is 2.51. The van der Waals surface area contributed by atoms with Crippen molar-refractivity contribution in [1.29, 1.82) is 0 Å². The average molecular weight is 211 g/mol. The molecule has 0 bridgehead atoms. The molecule has 0 aliphatic carbocycles. The molecule has 0 aliphatic rings. The monoisotopic (exact) mass is 211 g/mol. The third kappa shape index (κ3) is 3.26. The van der Waals surface area contributed by atoms with Crippen LogP contribution in [0, 0.1) is 5.82 Å². The average Bonchev–Trinajstić information content (AvgIpc) is 2.26. The lowest BCUT2D eigenvalue weighted by atomic mass is 10.2. The largest absolute Gasteiger partial charge is 0.409 e. The van der Waals surface area contributed by atoms with E-state index in [2.05, 4.69) is 10.5 Å². The van der Waals surface area contributed by atoms with E-state index in [0.29, 0.717) is 0 Å². The molecular formula is C9H10FN3O2. The number of carbonyl (C=O) groups is 1. The number of rotatable bonds is 2. The predicted molar refractivity (Wildman–Crippen MR) is 51.7 cm³/mol. The summed E-state index contributed by atoms with van der Waals surface area (Å²) < 4.78 is 12.5. The highest BCUT2D eigenvalue weighted by atomic mass is 19.1. The van der Waals surface area contributed by atoms with Crippen LogP contribution in [0.3, 0.4) is 0 Å². The van der Waals surface area contributed by atoms with Crippen molar-refractivity contribution in [2.24, 2.45) is 10.9 Å². The molecule has 0 fully saturated rings. The molecule has 1 aromatic carbocycles. The van der Waals surface area contributed by atoms with Gasteiger partial charge in [-0.05, 0) is 17.7 Å². The van der Waals surface area contributed by atoms with Crippen molar-refractivity contribution >= 4 is 11.7 Å². The van der Waals surface area contributed by atoms with Crippen molar-refractivity contribution in [3.05, 3.63) is 35.6 Å². The van der Waals surface area contributed by atoms with Crippen LogP contribution in [0.4, 0.5) is 4.39 Å². The fourth-order valence-corrected chi connectivity index (χ4v) is 0.921. The van der Waals surface area contributed by atoms with Gasteiger partial charge in [0.25, 0.3) is 5.91 Å². The summed E-state index contributed by atoms with van der Waals surface area (Å²) in [6.45, 7) is 0.190. The van der Waals surface area contributed by atoms with Crippen molar-refractivity contribution in [3.8, 4) is 0 Å². The van der Waals surface area contributed by atoms with Crippen molar-refractivity contribution in [2.45, 2.75) is 6.54 Å². The zero-order chi connectivity index (χ0) is 11.3. The Kier molecular flexibility index (Phi) is 3.61. The summed E-state index contributed by atoms with van der Waals surface area (Å²) in [5.41, 5.74) is 5.75. The highest BCUT2D eigenvalue weighted by Gasteiger charge is 2.06. The molecular weight excluding hydrogens is 201 g/mol. The van der Waals surface area contributed by atoms with Crippen molar-refractivity contribution in [3.63, 3.8) is 0 Å². The summed E-state index contributed by atoms with van der Waals surface area (Å²) in [6, 6.07) is 5.62. The third-order valence-corrected chi connectivity index (χ3v) is 1.71. The van der Waals surface area contributed by atoms with E-state index in [1.54, 1.807) is 0 Å². The van der Waals surface area contributed by atoms with Gasteiger partial charge in [0.2, 0.25) is 5.84 Å². The standard InChI is InChI=1S/C9H10FN3O2/c10-7-3-1-6(2-4-7)5-12-9(14)8(11)13-15/h1-4,15H,5H2,(H2,11,13)(H,12,14). The van der Waals surface area contributed by atoms with Crippen LogP contribution >= 0.6 is 0 Å². The van der Waals surface area contributed by atoms with Gasteiger partial charge in [-0.2, -0.15) is 0 Å². The van der Waals surface area contributed by atoms with Gasteiger partial charge in [-0.25, -0.2) is 4.39 Å². The van der Waals surface area contributed by atoms with E-state index in [9.17, 15) is 9.18 Å². The van der Waals surface area contributed by atoms with Crippen LogP contribution in [0.15, 0.2) is 29.4 Å². The van der Waals surface area contributed by atoms with E-state index < -0.39 is 11.7 Å². The number of halogens is 1. The minimum atomic E-state index is -0.679. The number of amidine groups is 1. The fourth-order valence-electron chi connectivity index (χ4n) is 0.921. The van der Waals surface area contributed by atoms with Crippen molar-refractivity contribution in [1.82, 2.24) is 5.32 Å². The van der Waals surface area contributed by atoms with Gasteiger partial charge in [-0.1, -0.05) is 17.3 Å². The van der Waals surface area contributed by atoms with Gasteiger partial charge in [0.15, 0.2) is 0 Å². The van der Waals surface area contributed by atoms with Crippen molar-refractivity contribution < 1.29 is 14.4 Å². The summed E-state index contributed by atoms with van der Waals surface area (Å²) in [7, 11) is 0. The Bertz CT molecular complexity index is 375.